The molecule has 3 aromatic rings. The van der Waals surface area contributed by atoms with Gasteiger partial charge < -0.3 is 14.8 Å². The number of anilines is 1. The van der Waals surface area contributed by atoms with Crippen LogP contribution in [0, 0.1) is 17.1 Å². The number of fused-ring (bicyclic) bond motifs is 1. The summed E-state index contributed by atoms with van der Waals surface area (Å²) < 4.78 is 25.0. The number of carbonyl (C=O) groups excluding carboxylic acids is 1. The van der Waals surface area contributed by atoms with Gasteiger partial charge in [-0.1, -0.05) is 35.9 Å². The molecule has 0 saturated carbocycles. The molecule has 0 aliphatic carbocycles. The van der Waals surface area contributed by atoms with E-state index in [1.54, 1.807) is 30.3 Å². The van der Waals surface area contributed by atoms with Gasteiger partial charge in [-0.2, -0.15) is 5.26 Å². The summed E-state index contributed by atoms with van der Waals surface area (Å²) >= 11 is 6.37. The summed E-state index contributed by atoms with van der Waals surface area (Å²) in [5.74, 6) is 0.473. The van der Waals surface area contributed by atoms with Crippen LogP contribution in [0.25, 0.3) is 0 Å². The average molecular weight is 480 g/mol. The van der Waals surface area contributed by atoms with Crippen molar-refractivity contribution in [1.29, 1.82) is 5.26 Å². The highest BCUT2D eigenvalue weighted by molar-refractivity contribution is 6.34. The van der Waals surface area contributed by atoms with Crippen LogP contribution in [0.1, 0.15) is 23.1 Å². The van der Waals surface area contributed by atoms with Crippen LogP contribution in [0.15, 0.2) is 60.7 Å². The maximum atomic E-state index is 13.7. The third kappa shape index (κ3) is 6.25. The highest BCUT2D eigenvalue weighted by Crippen LogP contribution is 2.37. The van der Waals surface area contributed by atoms with Gasteiger partial charge in [-0.05, 0) is 35.4 Å². The normalized spacial score (nSPS) is 12.6. The molecular formula is C26H23ClFN3O3. The van der Waals surface area contributed by atoms with E-state index < -0.39 is 0 Å². The molecular weight excluding hydrogens is 457 g/mol. The lowest BCUT2D eigenvalue weighted by Crippen LogP contribution is -2.32. The monoisotopic (exact) mass is 479 g/mol. The molecule has 0 fully saturated rings. The van der Waals surface area contributed by atoms with Crippen molar-refractivity contribution in [1.82, 2.24) is 4.90 Å². The number of nitriles is 1. The Morgan fingerprint density at radius 2 is 1.74 bits per heavy atom. The zero-order valence-electron chi connectivity index (χ0n) is 18.4. The van der Waals surface area contributed by atoms with Crippen LogP contribution in [0.2, 0.25) is 5.02 Å². The quantitative estimate of drug-likeness (QED) is 0.507. The van der Waals surface area contributed by atoms with E-state index in [4.69, 9.17) is 26.3 Å². The van der Waals surface area contributed by atoms with Crippen molar-refractivity contribution in [3.05, 3.63) is 88.2 Å². The average Bonchev–Trinajstić information content (AvgIpc) is 3.04. The minimum Gasteiger partial charge on any atom is -0.490 e. The number of amides is 1. The summed E-state index contributed by atoms with van der Waals surface area (Å²) in [6.45, 7) is 1.90. The van der Waals surface area contributed by atoms with Crippen molar-refractivity contribution in [3.63, 3.8) is 0 Å². The largest absolute Gasteiger partial charge is 0.490 e. The second-order valence-electron chi connectivity index (χ2n) is 7.96. The Bertz CT molecular complexity index is 1210. The van der Waals surface area contributed by atoms with E-state index in [1.807, 2.05) is 23.1 Å². The molecule has 0 radical (unpaired) electrons. The molecule has 0 spiro atoms. The van der Waals surface area contributed by atoms with Crippen molar-refractivity contribution in [2.75, 3.05) is 25.1 Å². The fourth-order valence-corrected chi connectivity index (χ4v) is 3.88. The minimum absolute atomic E-state index is 0.0429. The van der Waals surface area contributed by atoms with Gasteiger partial charge >= 0.3 is 0 Å². The number of carbonyl (C=O) groups is 1. The second kappa shape index (κ2) is 11.0. The van der Waals surface area contributed by atoms with E-state index in [0.717, 1.165) is 17.5 Å². The van der Waals surface area contributed by atoms with Crippen molar-refractivity contribution >= 4 is 23.2 Å². The lowest BCUT2D eigenvalue weighted by Gasteiger charge is -2.22. The molecule has 8 heteroatoms. The summed E-state index contributed by atoms with van der Waals surface area (Å²) in [7, 11) is 0. The number of benzene rings is 3. The van der Waals surface area contributed by atoms with Gasteiger partial charge in [0, 0.05) is 31.6 Å². The Morgan fingerprint density at radius 3 is 2.44 bits per heavy atom. The number of hydrogen-bond donors (Lipinski definition) is 1. The molecule has 0 atom stereocenters. The molecule has 1 N–H and O–H groups in total. The highest BCUT2D eigenvalue weighted by atomic mass is 35.5. The zero-order valence-corrected chi connectivity index (χ0v) is 19.1. The standard InChI is InChI=1S/C26H23ClFN3O3/c27-22-12-24-25(34-10-2-9-33-24)13-23(22)30-26(32)17-31(16-20-3-1-4-21(28)11-20)15-19-7-5-18(14-29)6-8-19/h1,3-8,11-13H,2,9-10,15-17H2,(H,30,32). The topological polar surface area (TPSA) is 74.6 Å². The van der Waals surface area contributed by atoms with Crippen LogP contribution in [0.4, 0.5) is 10.1 Å². The maximum absolute atomic E-state index is 13.7. The number of halogens is 2. The van der Waals surface area contributed by atoms with Crippen molar-refractivity contribution in [3.8, 4) is 17.6 Å². The third-order valence-corrected chi connectivity index (χ3v) is 5.58. The fraction of sp³-hybridized carbons (Fsp3) is 0.231. The molecule has 1 amide bonds. The molecule has 4 rings (SSSR count). The Labute approximate surface area is 202 Å². The first-order chi connectivity index (χ1) is 16.5. The lowest BCUT2D eigenvalue weighted by molar-refractivity contribution is -0.117. The number of ether oxygens (including phenoxy) is 2. The number of hydrogen-bond acceptors (Lipinski definition) is 5. The summed E-state index contributed by atoms with van der Waals surface area (Å²) in [5, 5.41) is 12.2. The molecule has 1 aliphatic heterocycles. The predicted molar refractivity (Wildman–Crippen MR) is 127 cm³/mol. The summed E-state index contributed by atoms with van der Waals surface area (Å²) in [6, 6.07) is 18.8. The van der Waals surface area contributed by atoms with Crippen LogP contribution in [0.3, 0.4) is 0 Å². The van der Waals surface area contributed by atoms with Crippen molar-refractivity contribution < 1.29 is 18.7 Å². The van der Waals surface area contributed by atoms with Crippen molar-refractivity contribution in [2.24, 2.45) is 0 Å². The number of rotatable bonds is 7. The van der Waals surface area contributed by atoms with E-state index in [2.05, 4.69) is 11.4 Å². The van der Waals surface area contributed by atoms with E-state index in [9.17, 15) is 9.18 Å². The maximum Gasteiger partial charge on any atom is 0.238 e. The van der Waals surface area contributed by atoms with Crippen molar-refractivity contribution in [2.45, 2.75) is 19.5 Å². The summed E-state index contributed by atoms with van der Waals surface area (Å²) in [5.41, 5.74) is 2.66. The molecule has 6 nitrogen and oxygen atoms in total. The van der Waals surface area contributed by atoms with Gasteiger partial charge in [0.1, 0.15) is 5.82 Å². The van der Waals surface area contributed by atoms with Gasteiger partial charge in [0.25, 0.3) is 0 Å². The highest BCUT2D eigenvalue weighted by Gasteiger charge is 2.18. The molecule has 0 unspecified atom stereocenters. The Hall–Kier alpha value is -3.60. The summed E-state index contributed by atoms with van der Waals surface area (Å²) in [6.07, 6.45) is 0.762. The Kier molecular flexibility index (Phi) is 7.63. The molecule has 3 aromatic carbocycles. The van der Waals surface area contributed by atoms with Crippen LogP contribution < -0.4 is 14.8 Å². The van der Waals surface area contributed by atoms with Gasteiger partial charge in [-0.15, -0.1) is 0 Å². The molecule has 0 aromatic heterocycles. The van der Waals surface area contributed by atoms with Gasteiger partial charge in [-0.25, -0.2) is 4.39 Å². The van der Waals surface area contributed by atoms with E-state index in [0.29, 0.717) is 54.1 Å². The Morgan fingerprint density at radius 1 is 1.03 bits per heavy atom. The van der Waals surface area contributed by atoms with E-state index in [1.165, 1.54) is 12.1 Å². The zero-order chi connectivity index (χ0) is 23.9. The minimum atomic E-state index is -0.334. The van der Waals surface area contributed by atoms with E-state index >= 15 is 0 Å². The second-order valence-corrected chi connectivity index (χ2v) is 8.37. The first-order valence-electron chi connectivity index (χ1n) is 10.8. The van der Waals surface area contributed by atoms with E-state index in [-0.39, 0.29) is 18.3 Å². The van der Waals surface area contributed by atoms with Crippen LogP contribution >= 0.6 is 11.6 Å². The molecule has 0 saturated heterocycles. The number of nitrogens with one attached hydrogen (secondary N) is 1. The molecule has 1 heterocycles. The first kappa shape index (κ1) is 23.6. The van der Waals surface area contributed by atoms with Gasteiger partial charge in [-0.3, -0.25) is 9.69 Å². The predicted octanol–water partition coefficient (Wildman–Crippen LogP) is 5.15. The van der Waals surface area contributed by atoms with Crippen LogP contribution in [0.5, 0.6) is 11.5 Å². The fourth-order valence-electron chi connectivity index (χ4n) is 3.68. The Balaban J connectivity index is 1.50. The molecule has 1 aliphatic rings. The molecule has 34 heavy (non-hydrogen) atoms. The first-order valence-corrected chi connectivity index (χ1v) is 11.2. The van der Waals surface area contributed by atoms with Gasteiger partial charge in [0.2, 0.25) is 5.91 Å². The lowest BCUT2D eigenvalue weighted by atomic mass is 10.1. The summed E-state index contributed by atoms with van der Waals surface area (Å²) in [4.78, 5) is 14.8. The van der Waals surface area contributed by atoms with Crippen LogP contribution in [-0.2, 0) is 17.9 Å². The number of nitrogens with zero attached hydrogens (tertiary/aromatic N) is 2. The SMILES string of the molecule is N#Cc1ccc(CN(CC(=O)Nc2cc3c(cc2Cl)OCCCO3)Cc2cccc(F)c2)cc1. The van der Waals surface area contributed by atoms with Gasteiger partial charge in [0.15, 0.2) is 11.5 Å². The molecule has 0 bridgehead atoms. The van der Waals surface area contributed by atoms with Gasteiger partial charge in [0.05, 0.1) is 42.1 Å². The smallest absolute Gasteiger partial charge is 0.238 e. The molecule has 174 valence electrons. The third-order valence-electron chi connectivity index (χ3n) is 5.26. The van der Waals surface area contributed by atoms with Crippen LogP contribution in [-0.4, -0.2) is 30.6 Å².